The Labute approximate surface area is 246 Å². The fourth-order valence-electron chi connectivity index (χ4n) is 4.58. The molecule has 1 fully saturated rings. The third-order valence-electron chi connectivity index (χ3n) is 6.85. The first-order valence-electron chi connectivity index (χ1n) is 12.8. The Kier molecular flexibility index (Phi) is 12.2. The molecule has 2 aliphatic heterocycles. The van der Waals surface area contributed by atoms with Crippen molar-refractivity contribution in [3.63, 3.8) is 0 Å². The molecule has 1 atom stereocenters. The number of nitrogens with zero attached hydrogens (tertiary/aromatic N) is 2. The van der Waals surface area contributed by atoms with Crippen LogP contribution in [0.4, 0.5) is 36.4 Å². The number of amides is 2. The van der Waals surface area contributed by atoms with Crippen molar-refractivity contribution in [2.75, 3.05) is 23.9 Å². The number of anilines is 1. The summed E-state index contributed by atoms with van der Waals surface area (Å²) in [5, 5.41) is 12.3. The van der Waals surface area contributed by atoms with E-state index in [-0.39, 0.29) is 41.1 Å². The molecule has 2 aromatic carbocycles. The van der Waals surface area contributed by atoms with Crippen molar-refractivity contribution in [3.8, 4) is 12.8 Å². The quantitative estimate of drug-likeness (QED) is 0.285. The number of aliphatic hydroxyl groups is 1. The summed E-state index contributed by atoms with van der Waals surface area (Å²) in [4.78, 5) is 23.0. The maximum Gasteiger partial charge on any atom is 0.430 e. The van der Waals surface area contributed by atoms with Crippen LogP contribution in [0, 0.1) is 18.7 Å². The Bertz CT molecular complexity index is 1280. The van der Waals surface area contributed by atoms with Crippen LogP contribution < -0.4 is 9.62 Å². The van der Waals surface area contributed by atoms with Crippen molar-refractivity contribution < 1.29 is 49.6 Å². The van der Waals surface area contributed by atoms with Gasteiger partial charge in [0.1, 0.15) is 5.82 Å². The summed E-state index contributed by atoms with van der Waals surface area (Å²) >= 11 is 0. The second kappa shape index (κ2) is 14.7. The number of aryl methyl sites for hydroxylation is 1. The fraction of sp³-hybridized carbons (Fsp3) is 0.429. The smallest absolute Gasteiger partial charge is 0.369 e. The van der Waals surface area contributed by atoms with Crippen molar-refractivity contribution >= 4 is 29.0 Å². The molecule has 236 valence electrons. The second-order valence-electron chi connectivity index (χ2n) is 9.52. The summed E-state index contributed by atoms with van der Waals surface area (Å²) in [5.74, 6) is -0.424. The Morgan fingerprint density at radius 3 is 2.05 bits per heavy atom. The monoisotopic (exact) mass is 637 g/mol. The number of fused-ring (bicyclic) bond motifs is 1. The molecule has 2 aromatic rings. The maximum absolute atomic E-state index is 13.1. The first-order valence-corrected chi connectivity index (χ1v) is 13.9. The molecule has 2 aliphatic rings. The molecular formula is C28H30F7N3O4S. The van der Waals surface area contributed by atoms with Gasteiger partial charge in [0.05, 0.1) is 10.6 Å². The zero-order valence-electron chi connectivity index (χ0n) is 22.9. The number of nitrogens with one attached hydrogen (secondary N) is 1. The zero-order chi connectivity index (χ0) is 32.6. The van der Waals surface area contributed by atoms with E-state index in [0.29, 0.717) is 18.6 Å². The number of carbonyl (C=O) groups excluding carboxylic acids is 2. The molecule has 0 radical (unpaired) electrons. The minimum Gasteiger partial charge on any atom is -0.369 e. The molecule has 0 spiro atoms. The predicted octanol–water partition coefficient (Wildman–Crippen LogP) is 4.61. The second-order valence-corrected chi connectivity index (χ2v) is 10.9. The van der Waals surface area contributed by atoms with Gasteiger partial charge in [-0.15, -0.1) is 12.8 Å². The van der Waals surface area contributed by atoms with Crippen LogP contribution in [-0.4, -0.2) is 64.6 Å². The highest BCUT2D eigenvalue weighted by Gasteiger charge is 2.71. The molecule has 2 amide bonds. The van der Waals surface area contributed by atoms with E-state index in [2.05, 4.69) is 18.2 Å². The van der Waals surface area contributed by atoms with E-state index in [9.17, 15) is 49.6 Å². The SMILES string of the molecule is C#C.CC(=O)N1CCC(NC=O)CC1.O=S(c1ccc(F)cc1)N1CCCc2cc(C(O)(C(F)(F)F)C(F)(F)F)ccc21. The average molecular weight is 638 g/mol. The Balaban J connectivity index is 0.000000385. The van der Waals surface area contributed by atoms with Gasteiger partial charge in [-0.25, -0.2) is 8.60 Å². The summed E-state index contributed by atoms with van der Waals surface area (Å²) in [6.07, 6.45) is -1.02. The van der Waals surface area contributed by atoms with Gasteiger partial charge in [-0.05, 0) is 61.6 Å². The lowest BCUT2D eigenvalue weighted by Gasteiger charge is -2.35. The number of alkyl halides is 6. The topological polar surface area (TPSA) is 90.0 Å². The van der Waals surface area contributed by atoms with Crippen LogP contribution >= 0.6 is 0 Å². The van der Waals surface area contributed by atoms with Crippen molar-refractivity contribution in [2.24, 2.45) is 0 Å². The van der Waals surface area contributed by atoms with E-state index in [1.54, 1.807) is 6.92 Å². The summed E-state index contributed by atoms with van der Waals surface area (Å²) < 4.78 is 106. The summed E-state index contributed by atoms with van der Waals surface area (Å²) in [6.45, 7) is 3.34. The largest absolute Gasteiger partial charge is 0.430 e. The number of piperidine rings is 1. The lowest BCUT2D eigenvalue weighted by atomic mass is 9.89. The molecule has 7 nitrogen and oxygen atoms in total. The molecule has 0 aliphatic carbocycles. The highest BCUT2D eigenvalue weighted by atomic mass is 32.2. The molecule has 1 unspecified atom stereocenters. The predicted molar refractivity (Wildman–Crippen MR) is 145 cm³/mol. The van der Waals surface area contributed by atoms with Gasteiger partial charge in [0.25, 0.3) is 5.60 Å². The zero-order valence-corrected chi connectivity index (χ0v) is 23.7. The summed E-state index contributed by atoms with van der Waals surface area (Å²) in [6, 6.07) is 7.15. The van der Waals surface area contributed by atoms with Gasteiger partial charge in [0.15, 0.2) is 11.0 Å². The standard InChI is InChI=1S/C18H14F7NO2S.C8H14N2O2.C2H2/c19-13-4-6-14(7-5-13)29(28)26-9-1-2-11-10-12(3-8-15(11)26)16(27,17(20,21)22)18(23,24)25;1-7(12)10-4-2-8(3-5-10)9-6-11;1-2/h3-8,10,27H,1-2,9H2;6,8H,2-5H2,1H3,(H,9,11);1-2H. The van der Waals surface area contributed by atoms with Gasteiger partial charge in [-0.2, -0.15) is 26.3 Å². The van der Waals surface area contributed by atoms with E-state index in [1.807, 2.05) is 4.90 Å². The number of hydrogen-bond donors (Lipinski definition) is 2. The molecule has 4 rings (SSSR count). The lowest BCUT2D eigenvalue weighted by molar-refractivity contribution is -0.376. The number of rotatable bonds is 5. The van der Waals surface area contributed by atoms with E-state index in [1.165, 1.54) is 16.4 Å². The molecular weight excluding hydrogens is 607 g/mol. The Morgan fingerprint density at radius 2 is 1.56 bits per heavy atom. The van der Waals surface area contributed by atoms with Crippen LogP contribution in [0.25, 0.3) is 0 Å². The molecule has 15 heteroatoms. The number of hydrogen-bond acceptors (Lipinski definition) is 4. The van der Waals surface area contributed by atoms with Crippen molar-refractivity contribution in [1.82, 2.24) is 10.2 Å². The summed E-state index contributed by atoms with van der Waals surface area (Å²) in [5.41, 5.74) is -6.09. The molecule has 0 saturated carbocycles. The van der Waals surface area contributed by atoms with Crippen molar-refractivity contribution in [3.05, 3.63) is 59.4 Å². The minimum atomic E-state index is -5.98. The van der Waals surface area contributed by atoms with Crippen LogP contribution in [0.1, 0.15) is 37.3 Å². The number of benzene rings is 2. The first-order chi connectivity index (χ1) is 20.1. The normalized spacial score (nSPS) is 16.4. The molecule has 1 saturated heterocycles. The van der Waals surface area contributed by atoms with Gasteiger partial charge in [-0.1, -0.05) is 12.1 Å². The third-order valence-corrected chi connectivity index (χ3v) is 8.31. The van der Waals surface area contributed by atoms with Crippen LogP contribution in [-0.2, 0) is 32.6 Å². The van der Waals surface area contributed by atoms with Crippen LogP contribution in [0.5, 0.6) is 0 Å². The van der Waals surface area contributed by atoms with E-state index < -0.39 is 40.3 Å². The minimum absolute atomic E-state index is 0.0936. The maximum atomic E-state index is 13.1. The lowest BCUT2D eigenvalue weighted by Crippen LogP contribution is -2.54. The van der Waals surface area contributed by atoms with Crippen molar-refractivity contribution in [2.45, 2.75) is 61.5 Å². The third kappa shape index (κ3) is 8.26. The Hall–Kier alpha value is -3.64. The van der Waals surface area contributed by atoms with Crippen molar-refractivity contribution in [1.29, 1.82) is 0 Å². The number of likely N-dealkylation sites (tertiary alicyclic amines) is 1. The number of terminal acetylenes is 1. The number of carbonyl (C=O) groups is 2. The highest BCUT2D eigenvalue weighted by molar-refractivity contribution is 7.86. The van der Waals surface area contributed by atoms with Gasteiger partial charge >= 0.3 is 12.4 Å². The van der Waals surface area contributed by atoms with Gasteiger partial charge in [0, 0.05) is 38.2 Å². The molecule has 0 bridgehead atoms. The molecule has 2 heterocycles. The molecule has 43 heavy (non-hydrogen) atoms. The van der Waals surface area contributed by atoms with E-state index >= 15 is 0 Å². The van der Waals surface area contributed by atoms with E-state index in [0.717, 1.165) is 50.5 Å². The van der Waals surface area contributed by atoms with E-state index in [4.69, 9.17) is 0 Å². The molecule has 2 N–H and O–H groups in total. The van der Waals surface area contributed by atoms with Crippen LogP contribution in [0.15, 0.2) is 47.4 Å². The van der Waals surface area contributed by atoms with Crippen LogP contribution in [0.2, 0.25) is 0 Å². The summed E-state index contributed by atoms with van der Waals surface area (Å²) in [7, 11) is -1.84. The highest BCUT2D eigenvalue weighted by Crippen LogP contribution is 2.50. The van der Waals surface area contributed by atoms with Gasteiger partial charge in [-0.3, -0.25) is 13.9 Å². The van der Waals surface area contributed by atoms with Gasteiger partial charge in [0.2, 0.25) is 12.3 Å². The van der Waals surface area contributed by atoms with Gasteiger partial charge < -0.3 is 15.3 Å². The fourth-order valence-corrected chi connectivity index (χ4v) is 5.86. The first kappa shape index (κ1) is 35.6. The Morgan fingerprint density at radius 1 is 1.00 bits per heavy atom. The van der Waals surface area contributed by atoms with Crippen LogP contribution in [0.3, 0.4) is 0 Å². The molecule has 0 aromatic heterocycles. The number of halogens is 7. The average Bonchev–Trinajstić information content (AvgIpc) is 2.97.